The smallest absolute Gasteiger partial charge is 0.178 e. The van der Waals surface area contributed by atoms with Gasteiger partial charge in [0.1, 0.15) is 4.60 Å². The van der Waals surface area contributed by atoms with Crippen molar-refractivity contribution in [2.45, 2.75) is 19.6 Å². The van der Waals surface area contributed by atoms with Crippen LogP contribution in [0.25, 0.3) is 0 Å². The van der Waals surface area contributed by atoms with Gasteiger partial charge in [-0.2, -0.15) is 0 Å². The number of epoxide rings is 1. The summed E-state index contributed by atoms with van der Waals surface area (Å²) in [7, 11) is 0. The molecule has 0 spiro atoms. The van der Waals surface area contributed by atoms with Crippen LogP contribution in [0.4, 0.5) is 0 Å². The highest BCUT2D eigenvalue weighted by atomic mass is 79.9. The molecule has 0 amide bonds. The molecule has 3 nitrogen and oxygen atoms in total. The first kappa shape index (κ1) is 8.72. The van der Waals surface area contributed by atoms with E-state index in [2.05, 4.69) is 41.4 Å². The fraction of sp³-hybridized carbons (Fsp3) is 0.571. The van der Waals surface area contributed by atoms with E-state index in [4.69, 9.17) is 4.74 Å². The summed E-state index contributed by atoms with van der Waals surface area (Å²) in [5.74, 6) is 0. The van der Waals surface area contributed by atoms with Crippen molar-refractivity contribution in [2.75, 3.05) is 6.61 Å². The van der Waals surface area contributed by atoms with Gasteiger partial charge in [0.15, 0.2) is 4.73 Å². The molecule has 0 saturated carbocycles. The molecule has 5 heteroatoms. The largest absolute Gasteiger partial charge is 0.371 e. The lowest BCUT2D eigenvalue weighted by Gasteiger charge is -2.02. The number of rotatable bonds is 2. The minimum Gasteiger partial charge on any atom is -0.371 e. The zero-order valence-electron chi connectivity index (χ0n) is 6.55. The summed E-state index contributed by atoms with van der Waals surface area (Å²) >= 11 is 6.76. The standard InChI is InChI=1S/C7H8Br2N2O/c1-4-6(8)10-7(9)11(4)2-5-3-12-5/h5H,2-3H2,1H3. The molecule has 1 aliphatic heterocycles. The number of hydrogen-bond acceptors (Lipinski definition) is 2. The van der Waals surface area contributed by atoms with Crippen LogP contribution in [0.1, 0.15) is 5.69 Å². The molecule has 0 bridgehead atoms. The van der Waals surface area contributed by atoms with Crippen LogP contribution in [0.5, 0.6) is 0 Å². The molecule has 2 heterocycles. The normalized spacial score (nSPS) is 21.4. The van der Waals surface area contributed by atoms with E-state index in [1.165, 1.54) is 0 Å². The third-order valence-corrected chi connectivity index (χ3v) is 3.26. The first-order chi connectivity index (χ1) is 5.68. The summed E-state index contributed by atoms with van der Waals surface area (Å²) in [6, 6.07) is 0. The van der Waals surface area contributed by atoms with Gasteiger partial charge < -0.3 is 9.30 Å². The molecule has 0 radical (unpaired) electrons. The maximum atomic E-state index is 5.15. The van der Waals surface area contributed by atoms with Gasteiger partial charge in [0, 0.05) is 5.69 Å². The van der Waals surface area contributed by atoms with Crippen LogP contribution in [-0.4, -0.2) is 22.3 Å². The van der Waals surface area contributed by atoms with Crippen LogP contribution in [0, 0.1) is 6.92 Å². The van der Waals surface area contributed by atoms with Gasteiger partial charge >= 0.3 is 0 Å². The van der Waals surface area contributed by atoms with Gasteiger partial charge in [0.2, 0.25) is 0 Å². The summed E-state index contributed by atoms with van der Waals surface area (Å²) in [5, 5.41) is 0. The molecule has 1 atom stereocenters. The lowest BCUT2D eigenvalue weighted by atomic mass is 10.4. The number of hydrogen-bond donors (Lipinski definition) is 0. The predicted octanol–water partition coefficient (Wildman–Crippen LogP) is 2.12. The van der Waals surface area contributed by atoms with Crippen molar-refractivity contribution >= 4 is 31.9 Å². The monoisotopic (exact) mass is 294 g/mol. The Morgan fingerprint density at radius 3 is 2.75 bits per heavy atom. The molecule has 1 fully saturated rings. The molecule has 12 heavy (non-hydrogen) atoms. The molecule has 0 aromatic carbocycles. The third-order valence-electron chi connectivity index (χ3n) is 1.91. The predicted molar refractivity (Wildman–Crippen MR) is 52.1 cm³/mol. The minimum absolute atomic E-state index is 0.390. The molecule has 0 aliphatic carbocycles. The average molecular weight is 296 g/mol. The van der Waals surface area contributed by atoms with Crippen LogP contribution in [0.3, 0.4) is 0 Å². The number of ether oxygens (including phenoxy) is 1. The fourth-order valence-corrected chi connectivity index (χ4v) is 2.27. The Labute approximate surface area is 87.4 Å². The molecule has 1 unspecified atom stereocenters. The lowest BCUT2D eigenvalue weighted by Crippen LogP contribution is -2.05. The van der Waals surface area contributed by atoms with E-state index in [1.54, 1.807) is 0 Å². The van der Waals surface area contributed by atoms with E-state index >= 15 is 0 Å². The Morgan fingerprint density at radius 2 is 2.33 bits per heavy atom. The first-order valence-corrected chi connectivity index (χ1v) is 5.27. The highest BCUT2D eigenvalue weighted by molar-refractivity contribution is 9.11. The van der Waals surface area contributed by atoms with Gasteiger partial charge in [0.25, 0.3) is 0 Å². The van der Waals surface area contributed by atoms with Crippen LogP contribution in [-0.2, 0) is 11.3 Å². The average Bonchev–Trinajstić information content (AvgIpc) is 2.77. The van der Waals surface area contributed by atoms with Crippen molar-refractivity contribution < 1.29 is 4.74 Å². The first-order valence-electron chi connectivity index (χ1n) is 3.68. The number of aromatic nitrogens is 2. The van der Waals surface area contributed by atoms with Crippen molar-refractivity contribution in [3.8, 4) is 0 Å². The molecular weight excluding hydrogens is 288 g/mol. The lowest BCUT2D eigenvalue weighted by molar-refractivity contribution is 0.379. The van der Waals surface area contributed by atoms with Crippen molar-refractivity contribution in [3.05, 3.63) is 15.0 Å². The molecule has 66 valence electrons. The van der Waals surface area contributed by atoms with E-state index in [0.717, 1.165) is 28.2 Å². The Kier molecular flexibility index (Phi) is 2.27. The summed E-state index contributed by atoms with van der Waals surface area (Å²) < 4.78 is 9.01. The maximum Gasteiger partial charge on any atom is 0.178 e. The molecule has 2 rings (SSSR count). The van der Waals surface area contributed by atoms with E-state index in [1.807, 2.05) is 6.92 Å². The number of imidazole rings is 1. The van der Waals surface area contributed by atoms with Crippen LogP contribution in [0.2, 0.25) is 0 Å². The second-order valence-electron chi connectivity index (χ2n) is 2.82. The third kappa shape index (κ3) is 1.58. The molecule has 0 N–H and O–H groups in total. The molecule has 1 aliphatic rings. The van der Waals surface area contributed by atoms with E-state index in [0.29, 0.717) is 6.10 Å². The van der Waals surface area contributed by atoms with Crippen molar-refractivity contribution in [2.24, 2.45) is 0 Å². The summed E-state index contributed by atoms with van der Waals surface area (Å²) in [6.07, 6.45) is 0.390. The Hall–Kier alpha value is 0.130. The van der Waals surface area contributed by atoms with Gasteiger partial charge in [-0.3, -0.25) is 0 Å². The maximum absolute atomic E-state index is 5.15. The van der Waals surface area contributed by atoms with Crippen molar-refractivity contribution in [1.82, 2.24) is 9.55 Å². The topological polar surface area (TPSA) is 30.4 Å². The Bertz CT molecular complexity index is 307. The van der Waals surface area contributed by atoms with Gasteiger partial charge in [-0.05, 0) is 38.8 Å². The number of nitrogens with zero attached hydrogens (tertiary/aromatic N) is 2. The van der Waals surface area contributed by atoms with Gasteiger partial charge in [-0.25, -0.2) is 4.98 Å². The highest BCUT2D eigenvalue weighted by Crippen LogP contribution is 2.23. The highest BCUT2D eigenvalue weighted by Gasteiger charge is 2.25. The second-order valence-corrected chi connectivity index (χ2v) is 4.28. The van der Waals surface area contributed by atoms with E-state index in [-0.39, 0.29) is 0 Å². The van der Waals surface area contributed by atoms with Gasteiger partial charge in [0.05, 0.1) is 19.3 Å². The van der Waals surface area contributed by atoms with Crippen LogP contribution < -0.4 is 0 Å². The second kappa shape index (κ2) is 3.12. The summed E-state index contributed by atoms with van der Waals surface area (Å²) in [4.78, 5) is 4.23. The minimum atomic E-state index is 0.390. The van der Waals surface area contributed by atoms with E-state index in [9.17, 15) is 0 Å². The molecule has 1 aromatic heterocycles. The van der Waals surface area contributed by atoms with E-state index < -0.39 is 0 Å². The van der Waals surface area contributed by atoms with Gasteiger partial charge in [-0.15, -0.1) is 0 Å². The Balaban J connectivity index is 2.26. The SMILES string of the molecule is Cc1c(Br)nc(Br)n1CC1CO1. The fourth-order valence-electron chi connectivity index (χ4n) is 1.06. The van der Waals surface area contributed by atoms with Crippen molar-refractivity contribution in [1.29, 1.82) is 0 Å². The van der Waals surface area contributed by atoms with Crippen LogP contribution in [0.15, 0.2) is 9.34 Å². The van der Waals surface area contributed by atoms with Crippen LogP contribution >= 0.6 is 31.9 Å². The van der Waals surface area contributed by atoms with Crippen molar-refractivity contribution in [3.63, 3.8) is 0 Å². The molecular formula is C7H8Br2N2O. The molecule has 1 saturated heterocycles. The zero-order valence-corrected chi connectivity index (χ0v) is 9.72. The zero-order chi connectivity index (χ0) is 8.72. The quantitative estimate of drug-likeness (QED) is 0.783. The summed E-state index contributed by atoms with van der Waals surface area (Å²) in [6.45, 7) is 3.80. The number of halogens is 2. The summed E-state index contributed by atoms with van der Waals surface area (Å²) in [5.41, 5.74) is 1.14. The van der Waals surface area contributed by atoms with Gasteiger partial charge in [-0.1, -0.05) is 0 Å². The molecule has 1 aromatic rings. The Morgan fingerprint density at radius 1 is 1.67 bits per heavy atom.